The van der Waals surface area contributed by atoms with E-state index >= 15 is 0 Å². The zero-order valence-corrected chi connectivity index (χ0v) is 23.9. The zero-order valence-electron chi connectivity index (χ0n) is 23.9. The van der Waals surface area contributed by atoms with Crippen LogP contribution in [0.4, 0.5) is 0 Å². The van der Waals surface area contributed by atoms with Gasteiger partial charge in [-0.1, -0.05) is 65.3 Å². The van der Waals surface area contributed by atoms with Crippen molar-refractivity contribution >= 4 is 22.7 Å². The van der Waals surface area contributed by atoms with E-state index in [9.17, 15) is 9.59 Å². The molecule has 0 saturated heterocycles. The lowest BCUT2D eigenvalue weighted by molar-refractivity contribution is 0.0740. The summed E-state index contributed by atoms with van der Waals surface area (Å²) in [7, 11) is 1.97. The number of carbonyl (C=O) groups is 2. The summed E-state index contributed by atoms with van der Waals surface area (Å²) in [5.74, 6) is 2.06. The zero-order chi connectivity index (χ0) is 27.5. The van der Waals surface area contributed by atoms with E-state index in [1.807, 2.05) is 59.0 Å². The molecular weight excluding hydrogens is 460 g/mol. The Bertz CT molecular complexity index is 1130. The number of fused-ring (bicyclic) bond motifs is 1. The average molecular weight is 507 g/mol. The molecule has 37 heavy (non-hydrogen) atoms. The molecule has 3 aromatic rings. The highest BCUT2D eigenvalue weighted by atomic mass is 16.2. The number of carbonyl (C=O) groups excluding carboxylic acids is 2. The summed E-state index contributed by atoms with van der Waals surface area (Å²) in [6, 6.07) is 13.3. The molecule has 0 spiro atoms. The number of ketones is 1. The monoisotopic (exact) mass is 506 g/mol. The number of nitrogens with zero attached hydrogens (tertiary/aromatic N) is 3. The maximum absolute atomic E-state index is 13.4. The third-order valence-electron chi connectivity index (χ3n) is 6.48. The third kappa shape index (κ3) is 8.81. The molecule has 0 aliphatic carbocycles. The molecule has 2 aromatic carbocycles. The number of aromatic nitrogens is 2. The van der Waals surface area contributed by atoms with Crippen molar-refractivity contribution in [3.63, 3.8) is 0 Å². The summed E-state index contributed by atoms with van der Waals surface area (Å²) >= 11 is 0. The maximum Gasteiger partial charge on any atom is 0.253 e. The molecule has 0 atom stereocenters. The molecule has 0 unspecified atom stereocenters. The number of benzene rings is 2. The van der Waals surface area contributed by atoms with Crippen molar-refractivity contribution in [3.05, 3.63) is 53.6 Å². The van der Waals surface area contributed by atoms with E-state index in [0.717, 1.165) is 54.9 Å². The fourth-order valence-electron chi connectivity index (χ4n) is 3.96. The van der Waals surface area contributed by atoms with Gasteiger partial charge >= 0.3 is 0 Å². The van der Waals surface area contributed by atoms with Crippen LogP contribution in [0.3, 0.4) is 0 Å². The Morgan fingerprint density at radius 3 is 1.97 bits per heavy atom. The number of rotatable bonds is 11. The van der Waals surface area contributed by atoms with E-state index in [4.69, 9.17) is 10.7 Å². The third-order valence-corrected chi connectivity index (χ3v) is 6.48. The number of hydrogen-bond donors (Lipinski definition) is 1. The Balaban J connectivity index is 0.000000877. The quantitative estimate of drug-likeness (QED) is 0.293. The van der Waals surface area contributed by atoms with Crippen molar-refractivity contribution in [2.24, 2.45) is 24.6 Å². The number of nitrogens with two attached hydrogens (primary N) is 1. The molecule has 6 nitrogen and oxygen atoms in total. The van der Waals surface area contributed by atoms with Crippen LogP contribution in [0, 0.1) is 11.8 Å². The molecule has 0 radical (unpaired) electrons. The van der Waals surface area contributed by atoms with Gasteiger partial charge in [0, 0.05) is 36.8 Å². The van der Waals surface area contributed by atoms with Crippen molar-refractivity contribution < 1.29 is 9.59 Å². The van der Waals surface area contributed by atoms with Gasteiger partial charge in [-0.15, -0.1) is 0 Å². The summed E-state index contributed by atoms with van der Waals surface area (Å²) in [6.45, 7) is 14.9. The van der Waals surface area contributed by atoms with E-state index in [-0.39, 0.29) is 11.7 Å². The van der Waals surface area contributed by atoms with Gasteiger partial charge in [0.1, 0.15) is 5.82 Å². The van der Waals surface area contributed by atoms with Gasteiger partial charge in [-0.05, 0) is 62.8 Å². The Kier molecular flexibility index (Phi) is 12.0. The minimum absolute atomic E-state index is 0.0455. The van der Waals surface area contributed by atoms with Crippen LogP contribution in [0.2, 0.25) is 0 Å². The van der Waals surface area contributed by atoms with Crippen molar-refractivity contribution in [3.8, 4) is 11.4 Å². The minimum Gasteiger partial charge on any atom is -0.339 e. The van der Waals surface area contributed by atoms with Gasteiger partial charge in [-0.25, -0.2) is 4.98 Å². The van der Waals surface area contributed by atoms with Crippen LogP contribution >= 0.6 is 0 Å². The first kappa shape index (κ1) is 30.2. The van der Waals surface area contributed by atoms with Crippen molar-refractivity contribution in [2.75, 3.05) is 19.6 Å². The van der Waals surface area contributed by atoms with E-state index in [1.165, 1.54) is 12.8 Å². The predicted octanol–water partition coefficient (Wildman–Crippen LogP) is 6.72. The Hall–Kier alpha value is -2.99. The summed E-state index contributed by atoms with van der Waals surface area (Å²) < 4.78 is 2.02. The molecule has 2 N–H and O–H groups in total. The Labute approximate surface area is 223 Å². The second-order valence-corrected chi connectivity index (χ2v) is 10.6. The van der Waals surface area contributed by atoms with Gasteiger partial charge in [0.25, 0.3) is 5.91 Å². The van der Waals surface area contributed by atoms with E-state index < -0.39 is 0 Å². The Morgan fingerprint density at radius 1 is 0.946 bits per heavy atom. The SMILES string of the molecule is CC(=O)c1ccc(-c2nc3ccc(C(=O)N(CCC(C)C)CCC(C)C)cc3n2C)cc1.CCCCN. The van der Waals surface area contributed by atoms with Gasteiger partial charge in [0.15, 0.2) is 5.78 Å². The molecule has 6 heteroatoms. The molecule has 1 heterocycles. The van der Waals surface area contributed by atoms with Crippen LogP contribution in [0.5, 0.6) is 0 Å². The van der Waals surface area contributed by atoms with Crippen LogP contribution in [-0.2, 0) is 7.05 Å². The van der Waals surface area contributed by atoms with E-state index in [0.29, 0.717) is 23.0 Å². The van der Waals surface area contributed by atoms with Crippen molar-refractivity contribution in [2.45, 2.75) is 67.2 Å². The van der Waals surface area contributed by atoms with Gasteiger partial charge in [-0.3, -0.25) is 9.59 Å². The molecule has 0 bridgehead atoms. The molecule has 1 amide bonds. The standard InChI is InChI=1S/C27H35N3O2.C4H11N/c1-18(2)13-15-30(16-14-19(3)4)27(32)23-11-12-24-25(17-23)29(6)26(28-24)22-9-7-21(8-10-22)20(5)31;1-2-3-4-5/h7-12,17-19H,13-16H2,1-6H3;2-5H2,1H3. The fourth-order valence-corrected chi connectivity index (χ4v) is 3.96. The number of aryl methyl sites for hydroxylation is 1. The molecule has 1 aromatic heterocycles. The second kappa shape index (κ2) is 14.7. The minimum atomic E-state index is 0.0455. The topological polar surface area (TPSA) is 81.2 Å². The van der Waals surface area contributed by atoms with E-state index in [1.54, 1.807) is 6.92 Å². The van der Waals surface area contributed by atoms with Gasteiger partial charge in [0.05, 0.1) is 11.0 Å². The summed E-state index contributed by atoms with van der Waals surface area (Å²) in [5.41, 5.74) is 9.24. The molecule has 0 aliphatic rings. The highest BCUT2D eigenvalue weighted by molar-refractivity contribution is 5.98. The molecule has 0 saturated carbocycles. The molecule has 0 fully saturated rings. The number of Topliss-reactive ketones (excluding diaryl/α,β-unsaturated/α-hetero) is 1. The predicted molar refractivity (Wildman–Crippen MR) is 155 cm³/mol. The number of imidazole rings is 1. The van der Waals surface area contributed by atoms with Crippen molar-refractivity contribution in [1.82, 2.24) is 14.5 Å². The largest absolute Gasteiger partial charge is 0.339 e. The van der Waals surface area contributed by atoms with Crippen LogP contribution in [0.1, 0.15) is 87.9 Å². The number of hydrogen-bond acceptors (Lipinski definition) is 4. The number of amides is 1. The lowest BCUT2D eigenvalue weighted by Gasteiger charge is -2.24. The van der Waals surface area contributed by atoms with Crippen LogP contribution in [0.25, 0.3) is 22.4 Å². The van der Waals surface area contributed by atoms with Gasteiger partial charge in [-0.2, -0.15) is 0 Å². The van der Waals surface area contributed by atoms with Crippen LogP contribution < -0.4 is 5.73 Å². The first-order valence-electron chi connectivity index (χ1n) is 13.7. The molecule has 202 valence electrons. The molecule has 0 aliphatic heterocycles. The molecular formula is C31H46N4O2. The van der Waals surface area contributed by atoms with Crippen LogP contribution in [-0.4, -0.2) is 45.8 Å². The lowest BCUT2D eigenvalue weighted by Crippen LogP contribution is -2.34. The normalized spacial score (nSPS) is 11.1. The highest BCUT2D eigenvalue weighted by Gasteiger charge is 2.19. The summed E-state index contributed by atoms with van der Waals surface area (Å²) in [5, 5.41) is 0. The second-order valence-electron chi connectivity index (χ2n) is 10.6. The first-order chi connectivity index (χ1) is 17.6. The van der Waals surface area contributed by atoms with Gasteiger partial charge < -0.3 is 15.2 Å². The van der Waals surface area contributed by atoms with Crippen molar-refractivity contribution in [1.29, 1.82) is 0 Å². The maximum atomic E-state index is 13.4. The average Bonchev–Trinajstić information content (AvgIpc) is 3.20. The first-order valence-corrected chi connectivity index (χ1v) is 13.7. The lowest BCUT2D eigenvalue weighted by atomic mass is 10.1. The summed E-state index contributed by atoms with van der Waals surface area (Å²) in [6.07, 6.45) is 4.38. The number of unbranched alkanes of at least 4 members (excludes halogenated alkanes) is 1. The molecule has 3 rings (SSSR count). The smallest absolute Gasteiger partial charge is 0.253 e. The fraction of sp³-hybridized carbons (Fsp3) is 0.516. The summed E-state index contributed by atoms with van der Waals surface area (Å²) in [4.78, 5) is 31.7. The Morgan fingerprint density at radius 2 is 1.51 bits per heavy atom. The van der Waals surface area contributed by atoms with Crippen LogP contribution in [0.15, 0.2) is 42.5 Å². The highest BCUT2D eigenvalue weighted by Crippen LogP contribution is 2.25. The van der Waals surface area contributed by atoms with Gasteiger partial charge in [0.2, 0.25) is 0 Å². The van der Waals surface area contributed by atoms with E-state index in [2.05, 4.69) is 34.6 Å².